The average molecular weight is 310 g/mol. The Labute approximate surface area is 124 Å². The fraction of sp³-hybridized carbons (Fsp3) is 0.357. The number of aliphatic hydroxyl groups is 1. The van der Waals surface area contributed by atoms with Crippen LogP contribution in [-0.2, 0) is 14.8 Å². The molecule has 2 N–H and O–H groups in total. The summed E-state index contributed by atoms with van der Waals surface area (Å²) in [4.78, 5) is 11.5. The molecule has 0 spiro atoms. The van der Waals surface area contributed by atoms with Crippen molar-refractivity contribution >= 4 is 15.9 Å². The van der Waals surface area contributed by atoms with Crippen molar-refractivity contribution in [2.45, 2.75) is 11.8 Å². The monoisotopic (exact) mass is 310 g/mol. The second-order valence-electron chi connectivity index (χ2n) is 4.06. The molecule has 0 saturated carbocycles. The summed E-state index contributed by atoms with van der Waals surface area (Å²) < 4.78 is 26.3. The normalized spacial score (nSPS) is 10.9. The van der Waals surface area contributed by atoms with E-state index in [0.717, 1.165) is 4.31 Å². The van der Waals surface area contributed by atoms with Crippen LogP contribution < -0.4 is 5.32 Å². The lowest BCUT2D eigenvalue weighted by Gasteiger charge is -2.20. The number of hydrogen-bond donors (Lipinski definition) is 2. The molecule has 0 aromatic heterocycles. The number of nitrogens with zero attached hydrogens (tertiary/aromatic N) is 1. The maximum Gasteiger partial charge on any atom is 0.244 e. The molecule has 0 saturated heterocycles. The van der Waals surface area contributed by atoms with E-state index in [1.54, 1.807) is 25.1 Å². The molecule has 0 fully saturated rings. The third-order valence-electron chi connectivity index (χ3n) is 2.76. The van der Waals surface area contributed by atoms with Crippen LogP contribution in [0, 0.1) is 11.8 Å². The Morgan fingerprint density at radius 1 is 1.38 bits per heavy atom. The first-order chi connectivity index (χ1) is 9.97. The van der Waals surface area contributed by atoms with Crippen molar-refractivity contribution < 1.29 is 18.3 Å². The summed E-state index contributed by atoms with van der Waals surface area (Å²) >= 11 is 0. The van der Waals surface area contributed by atoms with Gasteiger partial charge in [-0.1, -0.05) is 30.9 Å². The Morgan fingerprint density at radius 2 is 2.05 bits per heavy atom. The summed E-state index contributed by atoms with van der Waals surface area (Å²) in [5.74, 6) is 4.65. The minimum absolute atomic E-state index is 0.0247. The van der Waals surface area contributed by atoms with Crippen molar-refractivity contribution in [3.05, 3.63) is 29.8 Å². The van der Waals surface area contributed by atoms with Crippen molar-refractivity contribution in [2.24, 2.45) is 0 Å². The van der Waals surface area contributed by atoms with E-state index >= 15 is 0 Å². The van der Waals surface area contributed by atoms with Crippen LogP contribution >= 0.6 is 0 Å². The minimum Gasteiger partial charge on any atom is -0.384 e. The number of carbonyl (C=O) groups is 1. The fourth-order valence-corrected chi connectivity index (χ4v) is 3.23. The van der Waals surface area contributed by atoms with Gasteiger partial charge in [-0.2, -0.15) is 4.31 Å². The highest BCUT2D eigenvalue weighted by molar-refractivity contribution is 7.89. The lowest BCUT2D eigenvalue weighted by molar-refractivity contribution is -0.120. The molecule has 0 aliphatic carbocycles. The molecule has 1 rings (SSSR count). The summed E-state index contributed by atoms with van der Waals surface area (Å²) in [7, 11) is -2.38. The molecule has 0 aliphatic heterocycles. The van der Waals surface area contributed by atoms with Gasteiger partial charge in [-0.15, -0.1) is 0 Å². The zero-order valence-electron chi connectivity index (χ0n) is 12.0. The first-order valence-electron chi connectivity index (χ1n) is 6.36. The van der Waals surface area contributed by atoms with Gasteiger partial charge in [0.1, 0.15) is 6.61 Å². The van der Waals surface area contributed by atoms with Gasteiger partial charge in [-0.3, -0.25) is 4.79 Å². The van der Waals surface area contributed by atoms with Gasteiger partial charge in [0.25, 0.3) is 0 Å². The van der Waals surface area contributed by atoms with Crippen LogP contribution in [0.3, 0.4) is 0 Å². The third-order valence-corrected chi connectivity index (χ3v) is 4.74. The van der Waals surface area contributed by atoms with Crippen LogP contribution in [0.1, 0.15) is 12.5 Å². The van der Waals surface area contributed by atoms with Crippen LogP contribution in [0.2, 0.25) is 0 Å². The zero-order valence-corrected chi connectivity index (χ0v) is 12.8. The number of hydrogen-bond acceptors (Lipinski definition) is 4. The standard InChI is InChI=1S/C14H18N2O4S/c1-3-16(11-14(18)15-2)21(19,20)13-9-5-4-7-12(13)8-6-10-17/h4-5,7,9,17H,3,10-11H2,1-2H3,(H,15,18). The average Bonchev–Trinajstić information content (AvgIpc) is 2.50. The van der Waals surface area contributed by atoms with Crippen LogP contribution in [0.15, 0.2) is 29.2 Å². The van der Waals surface area contributed by atoms with E-state index in [2.05, 4.69) is 17.2 Å². The SMILES string of the molecule is CCN(CC(=O)NC)S(=O)(=O)c1ccccc1C#CCO. The molecule has 6 nitrogen and oxygen atoms in total. The van der Waals surface area contributed by atoms with Crippen molar-refractivity contribution in [1.29, 1.82) is 0 Å². The fourth-order valence-electron chi connectivity index (χ4n) is 1.67. The second kappa shape index (κ2) is 7.78. The highest BCUT2D eigenvalue weighted by Crippen LogP contribution is 2.19. The van der Waals surface area contributed by atoms with Gasteiger partial charge in [0.15, 0.2) is 0 Å². The summed E-state index contributed by atoms with van der Waals surface area (Å²) in [6, 6.07) is 6.24. The first-order valence-corrected chi connectivity index (χ1v) is 7.80. The number of benzene rings is 1. The summed E-state index contributed by atoms with van der Waals surface area (Å²) in [5, 5.41) is 11.1. The van der Waals surface area contributed by atoms with E-state index in [9.17, 15) is 13.2 Å². The van der Waals surface area contributed by atoms with Gasteiger partial charge in [-0.05, 0) is 12.1 Å². The molecule has 0 atom stereocenters. The van der Waals surface area contributed by atoms with E-state index in [4.69, 9.17) is 5.11 Å². The van der Waals surface area contributed by atoms with Gasteiger partial charge in [-0.25, -0.2) is 8.42 Å². The molecule has 0 bridgehead atoms. The number of likely N-dealkylation sites (N-methyl/N-ethyl adjacent to an activating group) is 2. The summed E-state index contributed by atoms with van der Waals surface area (Å²) in [6.07, 6.45) is 0. The molecule has 21 heavy (non-hydrogen) atoms. The van der Waals surface area contributed by atoms with Crippen LogP contribution in [0.5, 0.6) is 0 Å². The molecule has 7 heteroatoms. The van der Waals surface area contributed by atoms with Crippen molar-refractivity contribution in [1.82, 2.24) is 9.62 Å². The van der Waals surface area contributed by atoms with Gasteiger partial charge < -0.3 is 10.4 Å². The third kappa shape index (κ3) is 4.29. The van der Waals surface area contributed by atoms with E-state index in [-0.39, 0.29) is 30.5 Å². The Bertz CT molecular complexity index is 659. The maximum atomic E-state index is 12.6. The molecule has 1 aromatic carbocycles. The Balaban J connectivity index is 3.26. The Kier molecular flexibility index (Phi) is 6.37. The largest absolute Gasteiger partial charge is 0.384 e. The molecule has 1 amide bonds. The molecule has 0 heterocycles. The van der Waals surface area contributed by atoms with Crippen molar-refractivity contribution in [3.8, 4) is 11.8 Å². The number of carbonyl (C=O) groups excluding carboxylic acids is 1. The molecular formula is C14H18N2O4S. The van der Waals surface area contributed by atoms with E-state index in [0.29, 0.717) is 5.56 Å². The van der Waals surface area contributed by atoms with Crippen LogP contribution in [0.4, 0.5) is 0 Å². The van der Waals surface area contributed by atoms with Gasteiger partial charge in [0.05, 0.1) is 11.4 Å². The minimum atomic E-state index is -3.83. The highest BCUT2D eigenvalue weighted by atomic mass is 32.2. The molecular weight excluding hydrogens is 292 g/mol. The molecule has 114 valence electrons. The predicted octanol–water partition coefficient (Wildman–Crippen LogP) is -0.213. The Hall–Kier alpha value is -1.88. The smallest absolute Gasteiger partial charge is 0.244 e. The number of rotatable bonds is 5. The number of sulfonamides is 1. The molecule has 0 unspecified atom stereocenters. The van der Waals surface area contributed by atoms with Crippen LogP contribution in [-0.4, -0.2) is 50.5 Å². The van der Waals surface area contributed by atoms with Crippen LogP contribution in [0.25, 0.3) is 0 Å². The van der Waals surface area contributed by atoms with Gasteiger partial charge in [0.2, 0.25) is 15.9 Å². The molecule has 1 aromatic rings. The lowest BCUT2D eigenvalue weighted by Crippen LogP contribution is -2.39. The predicted molar refractivity (Wildman–Crippen MR) is 78.9 cm³/mol. The molecule has 0 radical (unpaired) electrons. The number of nitrogens with one attached hydrogen (secondary N) is 1. The second-order valence-corrected chi connectivity index (χ2v) is 5.97. The van der Waals surface area contributed by atoms with Gasteiger partial charge >= 0.3 is 0 Å². The molecule has 0 aliphatic rings. The lowest BCUT2D eigenvalue weighted by atomic mass is 10.2. The first kappa shape index (κ1) is 17.2. The van der Waals surface area contributed by atoms with E-state index < -0.39 is 10.0 Å². The van der Waals surface area contributed by atoms with Crippen molar-refractivity contribution in [3.63, 3.8) is 0 Å². The Morgan fingerprint density at radius 3 is 2.62 bits per heavy atom. The van der Waals surface area contributed by atoms with E-state index in [1.165, 1.54) is 13.1 Å². The van der Waals surface area contributed by atoms with E-state index in [1.807, 2.05) is 0 Å². The quantitative estimate of drug-likeness (QED) is 0.737. The van der Waals surface area contributed by atoms with Gasteiger partial charge in [0, 0.05) is 19.2 Å². The summed E-state index contributed by atoms with van der Waals surface area (Å²) in [5.41, 5.74) is 0.293. The highest BCUT2D eigenvalue weighted by Gasteiger charge is 2.26. The van der Waals surface area contributed by atoms with Crippen molar-refractivity contribution in [2.75, 3.05) is 26.7 Å². The maximum absolute atomic E-state index is 12.6. The summed E-state index contributed by atoms with van der Waals surface area (Å²) in [6.45, 7) is 1.21. The number of aliphatic hydroxyl groups excluding tert-OH is 1. The topological polar surface area (TPSA) is 86.7 Å². The number of amides is 1. The zero-order chi connectivity index (χ0) is 15.9.